The van der Waals surface area contributed by atoms with E-state index in [0.29, 0.717) is 19.2 Å². The van der Waals surface area contributed by atoms with Gasteiger partial charge in [0.2, 0.25) is 0 Å². The standard InChI is InChI=1S/C17H28N2O2/c1-2-21-17-11-14(6-7-15(17)12-18)13-19-9-4-3-5-16(19)8-10-20/h6-7,11,16,20H,2-5,8-10,12-13,18H2,1H3. The summed E-state index contributed by atoms with van der Waals surface area (Å²) in [7, 11) is 0. The van der Waals surface area contributed by atoms with E-state index in [-0.39, 0.29) is 6.61 Å². The molecule has 0 spiro atoms. The molecular weight excluding hydrogens is 264 g/mol. The number of hydrogen-bond acceptors (Lipinski definition) is 4. The summed E-state index contributed by atoms with van der Waals surface area (Å²) in [6.07, 6.45) is 4.59. The van der Waals surface area contributed by atoms with Crippen molar-refractivity contribution in [1.82, 2.24) is 4.90 Å². The van der Waals surface area contributed by atoms with Crippen LogP contribution < -0.4 is 10.5 Å². The highest BCUT2D eigenvalue weighted by Crippen LogP contribution is 2.25. The van der Waals surface area contributed by atoms with E-state index in [4.69, 9.17) is 10.5 Å². The van der Waals surface area contributed by atoms with Crippen molar-refractivity contribution in [2.45, 2.75) is 51.7 Å². The smallest absolute Gasteiger partial charge is 0.124 e. The second-order valence-electron chi connectivity index (χ2n) is 5.71. The molecule has 1 aliphatic heterocycles. The average molecular weight is 292 g/mol. The Labute approximate surface area is 127 Å². The summed E-state index contributed by atoms with van der Waals surface area (Å²) >= 11 is 0. The zero-order valence-corrected chi connectivity index (χ0v) is 13.1. The number of aliphatic hydroxyl groups excluding tert-OH is 1. The molecule has 1 heterocycles. The molecule has 3 N–H and O–H groups in total. The SMILES string of the molecule is CCOc1cc(CN2CCCCC2CCO)ccc1CN. The summed E-state index contributed by atoms with van der Waals surface area (Å²) in [6, 6.07) is 6.85. The molecule has 1 aliphatic rings. The van der Waals surface area contributed by atoms with Gasteiger partial charge in [-0.15, -0.1) is 0 Å². The lowest BCUT2D eigenvalue weighted by Gasteiger charge is -2.35. The lowest BCUT2D eigenvalue weighted by atomic mass is 9.98. The number of nitrogens with two attached hydrogens (primary N) is 1. The number of piperidine rings is 1. The predicted octanol–water partition coefficient (Wildman–Crippen LogP) is 2.28. The lowest BCUT2D eigenvalue weighted by Crippen LogP contribution is -2.39. The van der Waals surface area contributed by atoms with Gasteiger partial charge in [0.1, 0.15) is 5.75 Å². The highest BCUT2D eigenvalue weighted by molar-refractivity contribution is 5.37. The fraction of sp³-hybridized carbons (Fsp3) is 0.647. The Morgan fingerprint density at radius 1 is 1.38 bits per heavy atom. The number of ether oxygens (including phenoxy) is 1. The molecule has 0 amide bonds. The predicted molar refractivity (Wildman–Crippen MR) is 85.3 cm³/mol. The van der Waals surface area contributed by atoms with E-state index in [9.17, 15) is 5.11 Å². The van der Waals surface area contributed by atoms with Gasteiger partial charge in [-0.1, -0.05) is 18.6 Å². The Kier molecular flexibility index (Phi) is 6.49. The first kappa shape index (κ1) is 16.3. The molecule has 0 aliphatic carbocycles. The average Bonchev–Trinajstić information content (AvgIpc) is 2.50. The van der Waals surface area contributed by atoms with E-state index < -0.39 is 0 Å². The highest BCUT2D eigenvalue weighted by Gasteiger charge is 2.22. The minimum atomic E-state index is 0.275. The van der Waals surface area contributed by atoms with Gasteiger partial charge in [-0.25, -0.2) is 0 Å². The van der Waals surface area contributed by atoms with Crippen molar-refractivity contribution in [2.75, 3.05) is 19.8 Å². The van der Waals surface area contributed by atoms with Crippen molar-refractivity contribution in [3.8, 4) is 5.75 Å². The van der Waals surface area contributed by atoms with Crippen LogP contribution in [0.25, 0.3) is 0 Å². The van der Waals surface area contributed by atoms with E-state index in [2.05, 4.69) is 23.1 Å². The number of nitrogens with zero attached hydrogens (tertiary/aromatic N) is 1. The van der Waals surface area contributed by atoms with Crippen LogP contribution in [0.5, 0.6) is 5.75 Å². The molecule has 0 aromatic heterocycles. The van der Waals surface area contributed by atoms with E-state index in [1.165, 1.54) is 24.8 Å². The van der Waals surface area contributed by atoms with Crippen LogP contribution in [-0.4, -0.2) is 35.8 Å². The molecule has 1 aromatic carbocycles. The Bertz CT molecular complexity index is 435. The third kappa shape index (κ3) is 4.43. The van der Waals surface area contributed by atoms with Crippen LogP contribution in [0.4, 0.5) is 0 Å². The molecule has 1 unspecified atom stereocenters. The van der Waals surface area contributed by atoms with Crippen LogP contribution in [0, 0.1) is 0 Å². The van der Waals surface area contributed by atoms with Crippen LogP contribution in [0.15, 0.2) is 18.2 Å². The van der Waals surface area contributed by atoms with Gasteiger partial charge in [-0.05, 0) is 44.4 Å². The largest absolute Gasteiger partial charge is 0.494 e. The van der Waals surface area contributed by atoms with E-state index in [1.807, 2.05) is 6.92 Å². The summed E-state index contributed by atoms with van der Waals surface area (Å²) in [5.74, 6) is 0.910. The number of aliphatic hydroxyl groups is 1. The number of benzene rings is 1. The van der Waals surface area contributed by atoms with Crippen LogP contribution in [0.2, 0.25) is 0 Å². The maximum Gasteiger partial charge on any atom is 0.124 e. The molecular formula is C17H28N2O2. The molecule has 0 saturated carbocycles. The summed E-state index contributed by atoms with van der Waals surface area (Å²) in [5, 5.41) is 9.22. The van der Waals surface area contributed by atoms with Crippen molar-refractivity contribution in [3.63, 3.8) is 0 Å². The Morgan fingerprint density at radius 2 is 2.24 bits per heavy atom. The minimum Gasteiger partial charge on any atom is -0.494 e. The minimum absolute atomic E-state index is 0.275. The summed E-state index contributed by atoms with van der Waals surface area (Å²) < 4.78 is 5.69. The van der Waals surface area contributed by atoms with Gasteiger partial charge >= 0.3 is 0 Å². The lowest BCUT2D eigenvalue weighted by molar-refractivity contribution is 0.112. The van der Waals surface area contributed by atoms with Gasteiger partial charge in [0.05, 0.1) is 6.61 Å². The molecule has 4 nitrogen and oxygen atoms in total. The van der Waals surface area contributed by atoms with Crippen LogP contribution in [-0.2, 0) is 13.1 Å². The Balaban J connectivity index is 2.08. The topological polar surface area (TPSA) is 58.7 Å². The fourth-order valence-electron chi connectivity index (χ4n) is 3.13. The van der Waals surface area contributed by atoms with Crippen molar-refractivity contribution >= 4 is 0 Å². The van der Waals surface area contributed by atoms with E-state index >= 15 is 0 Å². The third-order valence-electron chi connectivity index (χ3n) is 4.25. The van der Waals surface area contributed by atoms with Crippen molar-refractivity contribution in [1.29, 1.82) is 0 Å². The van der Waals surface area contributed by atoms with Crippen molar-refractivity contribution in [3.05, 3.63) is 29.3 Å². The molecule has 4 heteroatoms. The third-order valence-corrected chi connectivity index (χ3v) is 4.25. The van der Waals surface area contributed by atoms with Gasteiger partial charge in [-0.3, -0.25) is 4.90 Å². The van der Waals surface area contributed by atoms with Gasteiger partial charge < -0.3 is 15.6 Å². The van der Waals surface area contributed by atoms with Gasteiger partial charge in [0.15, 0.2) is 0 Å². The molecule has 1 saturated heterocycles. The first-order valence-corrected chi connectivity index (χ1v) is 8.08. The first-order chi connectivity index (χ1) is 10.3. The second kappa shape index (κ2) is 8.37. The van der Waals surface area contributed by atoms with Gasteiger partial charge in [-0.2, -0.15) is 0 Å². The Morgan fingerprint density at radius 3 is 2.95 bits per heavy atom. The number of rotatable bonds is 7. The second-order valence-corrected chi connectivity index (χ2v) is 5.71. The van der Waals surface area contributed by atoms with Crippen molar-refractivity contribution < 1.29 is 9.84 Å². The molecule has 2 rings (SSSR count). The number of likely N-dealkylation sites (tertiary alicyclic amines) is 1. The van der Waals surface area contributed by atoms with Gasteiger partial charge in [0.25, 0.3) is 0 Å². The van der Waals surface area contributed by atoms with Crippen LogP contribution in [0.1, 0.15) is 43.7 Å². The normalized spacial score (nSPS) is 19.7. The van der Waals surface area contributed by atoms with Gasteiger partial charge in [0, 0.05) is 31.3 Å². The maximum atomic E-state index is 9.22. The first-order valence-electron chi connectivity index (χ1n) is 8.08. The quantitative estimate of drug-likeness (QED) is 0.809. The highest BCUT2D eigenvalue weighted by atomic mass is 16.5. The molecule has 0 radical (unpaired) electrons. The van der Waals surface area contributed by atoms with Crippen molar-refractivity contribution in [2.24, 2.45) is 5.73 Å². The molecule has 0 bridgehead atoms. The van der Waals surface area contributed by atoms with Crippen LogP contribution >= 0.6 is 0 Å². The molecule has 118 valence electrons. The molecule has 21 heavy (non-hydrogen) atoms. The zero-order chi connectivity index (χ0) is 15.1. The molecule has 1 atom stereocenters. The molecule has 1 aromatic rings. The summed E-state index contributed by atoms with van der Waals surface area (Å²) in [6.45, 7) is 5.48. The van der Waals surface area contributed by atoms with E-state index in [1.54, 1.807) is 0 Å². The molecule has 1 fully saturated rings. The zero-order valence-electron chi connectivity index (χ0n) is 13.1. The van der Waals surface area contributed by atoms with Crippen LogP contribution in [0.3, 0.4) is 0 Å². The fourth-order valence-corrected chi connectivity index (χ4v) is 3.13. The summed E-state index contributed by atoms with van der Waals surface area (Å²) in [4.78, 5) is 2.49. The monoisotopic (exact) mass is 292 g/mol. The maximum absolute atomic E-state index is 9.22. The number of hydrogen-bond donors (Lipinski definition) is 2. The Hall–Kier alpha value is -1.10. The van der Waals surface area contributed by atoms with E-state index in [0.717, 1.165) is 30.8 Å². The summed E-state index contributed by atoms with van der Waals surface area (Å²) in [5.41, 5.74) is 8.08.